The number of amides is 1. The van der Waals surface area contributed by atoms with Crippen molar-refractivity contribution in [2.45, 2.75) is 24.7 Å². The van der Waals surface area contributed by atoms with Gasteiger partial charge >= 0.3 is 0 Å². The largest absolute Gasteiger partial charge is 0.492 e. The van der Waals surface area contributed by atoms with E-state index in [1.165, 1.54) is 0 Å². The average Bonchev–Trinajstić information content (AvgIpc) is 3.17. The van der Waals surface area contributed by atoms with E-state index < -0.39 is 0 Å². The van der Waals surface area contributed by atoms with Crippen LogP contribution in [0.5, 0.6) is 5.75 Å². The molecule has 31 heavy (non-hydrogen) atoms. The highest BCUT2D eigenvalue weighted by atomic mass is 35.5. The number of aromatic nitrogens is 1. The minimum Gasteiger partial charge on any atom is -0.492 e. The number of rotatable bonds is 11. The smallest absolute Gasteiger partial charge is 0.229 e. The van der Waals surface area contributed by atoms with Crippen molar-refractivity contribution >= 4 is 56.0 Å². The summed E-state index contributed by atoms with van der Waals surface area (Å²) >= 11 is 9.16. The van der Waals surface area contributed by atoms with Crippen LogP contribution < -0.4 is 9.64 Å². The summed E-state index contributed by atoms with van der Waals surface area (Å²) in [5.74, 6) is 1.57. The first-order chi connectivity index (χ1) is 15.0. The normalized spacial score (nSPS) is 11.3. The molecule has 0 fully saturated rings. The van der Waals surface area contributed by atoms with Gasteiger partial charge in [0.15, 0.2) is 5.13 Å². The van der Waals surface area contributed by atoms with Crippen LogP contribution in [0.25, 0.3) is 10.2 Å². The number of carbonyl (C=O) groups excluding carboxylic acids is 1. The van der Waals surface area contributed by atoms with Crippen molar-refractivity contribution < 1.29 is 9.53 Å². The van der Waals surface area contributed by atoms with Crippen LogP contribution >= 0.6 is 34.7 Å². The zero-order valence-electron chi connectivity index (χ0n) is 18.1. The summed E-state index contributed by atoms with van der Waals surface area (Å²) in [4.78, 5) is 23.0. The molecule has 0 radical (unpaired) electrons. The Morgan fingerprint density at radius 2 is 1.94 bits per heavy atom. The van der Waals surface area contributed by atoms with Gasteiger partial charge in [-0.3, -0.25) is 9.69 Å². The molecule has 0 saturated carbocycles. The molecule has 0 saturated heterocycles. The lowest BCUT2D eigenvalue weighted by Crippen LogP contribution is -2.33. The third-order valence-electron chi connectivity index (χ3n) is 4.59. The summed E-state index contributed by atoms with van der Waals surface area (Å²) < 4.78 is 6.76. The molecule has 0 aliphatic carbocycles. The third kappa shape index (κ3) is 6.84. The van der Waals surface area contributed by atoms with Gasteiger partial charge in [-0.2, -0.15) is 0 Å². The van der Waals surface area contributed by atoms with Crippen molar-refractivity contribution in [2.24, 2.45) is 0 Å². The quantitative estimate of drug-likeness (QED) is 0.326. The van der Waals surface area contributed by atoms with Crippen molar-refractivity contribution in [1.82, 2.24) is 9.88 Å². The Hall–Kier alpha value is -1.80. The number of ether oxygens (including phenoxy) is 1. The fourth-order valence-corrected chi connectivity index (χ4v) is 5.09. The van der Waals surface area contributed by atoms with E-state index in [1.54, 1.807) is 23.1 Å². The maximum Gasteiger partial charge on any atom is 0.229 e. The molecule has 1 amide bonds. The number of para-hydroxylation sites is 1. The first kappa shape index (κ1) is 23.9. The number of anilines is 1. The molecule has 3 aromatic rings. The molecule has 1 heterocycles. The van der Waals surface area contributed by atoms with Gasteiger partial charge in [-0.05, 0) is 70.4 Å². The van der Waals surface area contributed by atoms with Crippen molar-refractivity contribution in [3.8, 4) is 5.75 Å². The summed E-state index contributed by atoms with van der Waals surface area (Å²) in [6.07, 6.45) is 1.33. The molecular formula is C23H28ClN3O2S2. The van der Waals surface area contributed by atoms with Crippen molar-refractivity contribution in [2.75, 3.05) is 44.4 Å². The SMILES string of the molecule is CCOc1cccc2sc(N(CCCN(C)C)C(=O)CCSc3ccc(Cl)cc3)nc12. The maximum atomic E-state index is 13.2. The summed E-state index contributed by atoms with van der Waals surface area (Å²) in [6.45, 7) is 4.10. The zero-order valence-corrected chi connectivity index (χ0v) is 20.5. The number of benzene rings is 2. The lowest BCUT2D eigenvalue weighted by Gasteiger charge is -2.21. The molecule has 3 rings (SSSR count). The second-order valence-corrected chi connectivity index (χ2v) is 9.90. The van der Waals surface area contributed by atoms with Gasteiger partial charge in [0.25, 0.3) is 0 Å². The van der Waals surface area contributed by atoms with Crippen LogP contribution in [0.15, 0.2) is 47.4 Å². The molecule has 5 nitrogen and oxygen atoms in total. The first-order valence-corrected chi connectivity index (χ1v) is 12.5. The Morgan fingerprint density at radius 3 is 2.65 bits per heavy atom. The van der Waals surface area contributed by atoms with Gasteiger partial charge in [0.2, 0.25) is 5.91 Å². The number of halogens is 1. The van der Waals surface area contributed by atoms with Gasteiger partial charge in [-0.1, -0.05) is 29.0 Å². The lowest BCUT2D eigenvalue weighted by atomic mass is 10.3. The number of thioether (sulfide) groups is 1. The topological polar surface area (TPSA) is 45.7 Å². The van der Waals surface area contributed by atoms with Crippen molar-refractivity contribution in [1.29, 1.82) is 0 Å². The van der Waals surface area contributed by atoms with E-state index in [0.717, 1.165) is 44.0 Å². The molecule has 1 aromatic heterocycles. The Bertz CT molecular complexity index is 992. The molecule has 0 aliphatic rings. The maximum absolute atomic E-state index is 13.2. The summed E-state index contributed by atoms with van der Waals surface area (Å²) in [7, 11) is 4.09. The highest BCUT2D eigenvalue weighted by Gasteiger charge is 2.20. The number of thiazole rings is 1. The number of fused-ring (bicyclic) bond motifs is 1. The van der Waals surface area contributed by atoms with Crippen LogP contribution in [0.2, 0.25) is 5.02 Å². The monoisotopic (exact) mass is 477 g/mol. The van der Waals surface area contributed by atoms with E-state index in [9.17, 15) is 4.79 Å². The summed E-state index contributed by atoms with van der Waals surface area (Å²) in [5.41, 5.74) is 0.824. The molecule has 0 atom stereocenters. The third-order valence-corrected chi connectivity index (χ3v) is 6.90. The van der Waals surface area contributed by atoms with Gasteiger partial charge in [-0.25, -0.2) is 4.98 Å². The average molecular weight is 478 g/mol. The van der Waals surface area contributed by atoms with Gasteiger partial charge in [0.05, 0.1) is 11.3 Å². The number of nitrogens with zero attached hydrogens (tertiary/aromatic N) is 3. The van der Waals surface area contributed by atoms with E-state index in [4.69, 9.17) is 21.3 Å². The zero-order chi connectivity index (χ0) is 22.2. The van der Waals surface area contributed by atoms with Crippen LogP contribution in [0.1, 0.15) is 19.8 Å². The summed E-state index contributed by atoms with van der Waals surface area (Å²) in [5, 5.41) is 1.46. The van der Waals surface area contributed by atoms with Gasteiger partial charge in [0.1, 0.15) is 11.3 Å². The van der Waals surface area contributed by atoms with Gasteiger partial charge in [-0.15, -0.1) is 11.8 Å². The predicted molar refractivity (Wildman–Crippen MR) is 133 cm³/mol. The molecule has 0 spiro atoms. The molecule has 8 heteroatoms. The molecule has 0 N–H and O–H groups in total. The fraction of sp³-hybridized carbons (Fsp3) is 0.391. The Labute approximate surface area is 197 Å². The van der Waals surface area contributed by atoms with E-state index >= 15 is 0 Å². The molecule has 166 valence electrons. The standard InChI is InChI=1S/C23H28ClN3O2S2/c1-4-29-19-7-5-8-20-22(19)25-23(31-20)27(15-6-14-26(2)3)21(28)13-16-30-18-11-9-17(24)10-12-18/h5,7-12H,4,6,13-16H2,1-3H3. The van der Waals surface area contributed by atoms with Crippen LogP contribution in [-0.4, -0.2) is 55.3 Å². The number of hydrogen-bond acceptors (Lipinski definition) is 6. The van der Waals surface area contributed by atoms with E-state index in [1.807, 2.05) is 68.4 Å². The fourth-order valence-electron chi connectivity index (χ4n) is 3.09. The molecule has 0 bridgehead atoms. The first-order valence-electron chi connectivity index (χ1n) is 10.3. The van der Waals surface area contributed by atoms with E-state index in [-0.39, 0.29) is 5.91 Å². The second kappa shape index (κ2) is 11.7. The second-order valence-electron chi connectivity index (χ2n) is 7.29. The van der Waals surface area contributed by atoms with Crippen LogP contribution in [-0.2, 0) is 4.79 Å². The highest BCUT2D eigenvalue weighted by Crippen LogP contribution is 2.34. The Kier molecular flexibility index (Phi) is 9.02. The van der Waals surface area contributed by atoms with Crippen molar-refractivity contribution in [3.05, 3.63) is 47.5 Å². The minimum absolute atomic E-state index is 0.0947. The Balaban J connectivity index is 1.73. The molecule has 0 unspecified atom stereocenters. The van der Waals surface area contributed by atoms with E-state index in [0.29, 0.717) is 25.3 Å². The van der Waals surface area contributed by atoms with Gasteiger partial charge < -0.3 is 9.64 Å². The summed E-state index contributed by atoms with van der Waals surface area (Å²) in [6, 6.07) is 13.6. The highest BCUT2D eigenvalue weighted by molar-refractivity contribution is 7.99. The van der Waals surface area contributed by atoms with Crippen LogP contribution in [0, 0.1) is 0 Å². The van der Waals surface area contributed by atoms with Crippen LogP contribution in [0.3, 0.4) is 0 Å². The van der Waals surface area contributed by atoms with Gasteiger partial charge in [0, 0.05) is 28.6 Å². The molecule has 2 aromatic carbocycles. The van der Waals surface area contributed by atoms with Crippen molar-refractivity contribution in [3.63, 3.8) is 0 Å². The number of carbonyl (C=O) groups is 1. The predicted octanol–water partition coefficient (Wildman–Crippen LogP) is 5.82. The van der Waals surface area contributed by atoms with E-state index in [2.05, 4.69) is 4.90 Å². The van der Waals surface area contributed by atoms with Crippen LogP contribution in [0.4, 0.5) is 5.13 Å². The Morgan fingerprint density at radius 1 is 1.16 bits per heavy atom. The molecule has 0 aliphatic heterocycles. The molecular weight excluding hydrogens is 450 g/mol. The number of hydrogen-bond donors (Lipinski definition) is 0. The minimum atomic E-state index is 0.0947. The lowest BCUT2D eigenvalue weighted by molar-refractivity contribution is -0.118.